The first-order valence-corrected chi connectivity index (χ1v) is 10.3. The van der Waals surface area contributed by atoms with Crippen LogP contribution in [0.15, 0.2) is 41.8 Å². The lowest BCUT2D eigenvalue weighted by atomic mass is 9.69. The van der Waals surface area contributed by atoms with Crippen LogP contribution in [0.2, 0.25) is 0 Å². The largest absolute Gasteiger partial charge is 0.355 e. The third-order valence-electron chi connectivity index (χ3n) is 5.27. The molecule has 0 atom stereocenters. The summed E-state index contributed by atoms with van der Waals surface area (Å²) < 4.78 is 13.3. The summed E-state index contributed by atoms with van der Waals surface area (Å²) in [6, 6.07) is 10.3. The Labute approximate surface area is 163 Å². The van der Waals surface area contributed by atoms with Crippen LogP contribution < -0.4 is 10.6 Å². The molecule has 1 heterocycles. The van der Waals surface area contributed by atoms with Gasteiger partial charge >= 0.3 is 0 Å². The van der Waals surface area contributed by atoms with E-state index in [0.717, 1.165) is 31.2 Å². The standard InChI is InChI=1S/C21H25FN2O2S/c22-17-8-6-16(7-9-17)21(11-2-1-3-12-21)15-24-19(25)10-13-23-20(26)18-5-4-14-27-18/h4-9,14H,1-3,10-13,15H2,(H,23,26)(H,24,25). The van der Waals surface area contributed by atoms with Gasteiger partial charge in [0.1, 0.15) is 5.82 Å². The van der Waals surface area contributed by atoms with Crippen LogP contribution in [0.1, 0.15) is 53.8 Å². The molecular formula is C21H25FN2O2S. The predicted molar refractivity (Wildman–Crippen MR) is 105 cm³/mol. The van der Waals surface area contributed by atoms with Crippen LogP contribution in [0.25, 0.3) is 0 Å². The van der Waals surface area contributed by atoms with Crippen molar-refractivity contribution in [1.29, 1.82) is 0 Å². The van der Waals surface area contributed by atoms with Crippen molar-refractivity contribution in [2.75, 3.05) is 13.1 Å². The predicted octanol–water partition coefficient (Wildman–Crippen LogP) is 4.03. The SMILES string of the molecule is O=C(CCNC(=O)c1cccs1)NCC1(c2ccc(F)cc2)CCCCC1. The summed E-state index contributed by atoms with van der Waals surface area (Å²) in [5.74, 6) is -0.461. The third kappa shape index (κ3) is 5.16. The van der Waals surface area contributed by atoms with Crippen molar-refractivity contribution in [3.05, 3.63) is 58.0 Å². The van der Waals surface area contributed by atoms with Gasteiger partial charge in [0.05, 0.1) is 4.88 Å². The second-order valence-corrected chi connectivity index (χ2v) is 8.06. The highest BCUT2D eigenvalue weighted by atomic mass is 32.1. The lowest BCUT2D eigenvalue weighted by Crippen LogP contribution is -2.43. The van der Waals surface area contributed by atoms with Crippen LogP contribution in [0.5, 0.6) is 0 Å². The van der Waals surface area contributed by atoms with E-state index in [0.29, 0.717) is 18.0 Å². The molecule has 0 radical (unpaired) electrons. The Bertz CT molecular complexity index is 753. The zero-order valence-corrected chi connectivity index (χ0v) is 16.1. The van der Waals surface area contributed by atoms with E-state index in [-0.39, 0.29) is 29.5 Å². The van der Waals surface area contributed by atoms with Crippen molar-refractivity contribution in [3.63, 3.8) is 0 Å². The van der Waals surface area contributed by atoms with Gasteiger partial charge in [-0.1, -0.05) is 37.5 Å². The van der Waals surface area contributed by atoms with Gasteiger partial charge in [-0.2, -0.15) is 0 Å². The molecule has 2 N–H and O–H groups in total. The van der Waals surface area contributed by atoms with E-state index in [1.807, 2.05) is 23.6 Å². The molecule has 2 aromatic rings. The van der Waals surface area contributed by atoms with Crippen LogP contribution in [0.3, 0.4) is 0 Å². The first-order valence-electron chi connectivity index (χ1n) is 9.44. The molecule has 4 nitrogen and oxygen atoms in total. The normalized spacial score (nSPS) is 15.9. The van der Waals surface area contributed by atoms with Crippen LogP contribution in [0, 0.1) is 5.82 Å². The van der Waals surface area contributed by atoms with E-state index < -0.39 is 0 Å². The molecule has 144 valence electrons. The number of carbonyl (C=O) groups excluding carboxylic acids is 2. The van der Waals surface area contributed by atoms with Crippen molar-refractivity contribution in [2.45, 2.75) is 43.9 Å². The molecule has 2 amide bonds. The zero-order chi connectivity index (χ0) is 19.1. The Kier molecular flexibility index (Phi) is 6.61. The summed E-state index contributed by atoms with van der Waals surface area (Å²) in [6.07, 6.45) is 5.67. The van der Waals surface area contributed by atoms with Crippen LogP contribution in [0.4, 0.5) is 4.39 Å². The van der Waals surface area contributed by atoms with E-state index in [2.05, 4.69) is 10.6 Å². The van der Waals surface area contributed by atoms with Crippen LogP contribution >= 0.6 is 11.3 Å². The maximum atomic E-state index is 13.3. The third-order valence-corrected chi connectivity index (χ3v) is 6.14. The molecule has 0 bridgehead atoms. The van der Waals surface area contributed by atoms with Gasteiger partial charge in [0.15, 0.2) is 0 Å². The topological polar surface area (TPSA) is 58.2 Å². The average molecular weight is 389 g/mol. The summed E-state index contributed by atoms with van der Waals surface area (Å²) in [4.78, 5) is 24.8. The molecule has 1 fully saturated rings. The van der Waals surface area contributed by atoms with E-state index >= 15 is 0 Å². The minimum Gasteiger partial charge on any atom is -0.355 e. The molecule has 3 rings (SSSR count). The van der Waals surface area contributed by atoms with Crippen molar-refractivity contribution < 1.29 is 14.0 Å². The molecule has 1 aliphatic rings. The minimum absolute atomic E-state index is 0.0754. The van der Waals surface area contributed by atoms with Crippen LogP contribution in [-0.2, 0) is 10.2 Å². The summed E-state index contributed by atoms with van der Waals surface area (Å²) in [5.41, 5.74) is 0.969. The highest BCUT2D eigenvalue weighted by molar-refractivity contribution is 7.12. The smallest absolute Gasteiger partial charge is 0.261 e. The summed E-state index contributed by atoms with van der Waals surface area (Å²) in [5, 5.41) is 7.65. The Morgan fingerprint density at radius 2 is 1.78 bits per heavy atom. The number of thiophene rings is 1. The molecule has 1 aromatic heterocycles. The Morgan fingerprint density at radius 3 is 2.44 bits per heavy atom. The molecule has 1 saturated carbocycles. The molecule has 0 spiro atoms. The number of nitrogens with one attached hydrogen (secondary N) is 2. The Hall–Kier alpha value is -2.21. The fraction of sp³-hybridized carbons (Fsp3) is 0.429. The van der Waals surface area contributed by atoms with Crippen molar-refractivity contribution in [3.8, 4) is 0 Å². The summed E-state index contributed by atoms with van der Waals surface area (Å²) in [6.45, 7) is 0.864. The highest BCUT2D eigenvalue weighted by Gasteiger charge is 2.34. The summed E-state index contributed by atoms with van der Waals surface area (Å²) in [7, 11) is 0. The number of amides is 2. The fourth-order valence-electron chi connectivity index (χ4n) is 3.74. The van der Waals surface area contributed by atoms with Crippen molar-refractivity contribution in [1.82, 2.24) is 10.6 Å². The van der Waals surface area contributed by atoms with E-state index in [1.54, 1.807) is 6.07 Å². The zero-order valence-electron chi connectivity index (χ0n) is 15.3. The van der Waals surface area contributed by atoms with Gasteiger partial charge in [-0.3, -0.25) is 9.59 Å². The number of rotatable bonds is 7. The maximum absolute atomic E-state index is 13.3. The molecule has 1 aromatic carbocycles. The van der Waals surface area contributed by atoms with E-state index in [4.69, 9.17) is 0 Å². The number of carbonyl (C=O) groups is 2. The van der Waals surface area contributed by atoms with Crippen molar-refractivity contribution >= 4 is 23.2 Å². The van der Waals surface area contributed by atoms with Gasteiger partial charge in [0, 0.05) is 24.9 Å². The second kappa shape index (κ2) is 9.13. The van der Waals surface area contributed by atoms with Crippen molar-refractivity contribution in [2.24, 2.45) is 0 Å². The lowest BCUT2D eigenvalue weighted by molar-refractivity contribution is -0.121. The summed E-state index contributed by atoms with van der Waals surface area (Å²) >= 11 is 1.38. The van der Waals surface area contributed by atoms with Gasteiger partial charge in [-0.15, -0.1) is 11.3 Å². The molecule has 0 saturated heterocycles. The van der Waals surface area contributed by atoms with E-state index in [1.165, 1.54) is 29.9 Å². The van der Waals surface area contributed by atoms with Gasteiger partial charge in [0.2, 0.25) is 5.91 Å². The first kappa shape index (κ1) is 19.5. The average Bonchev–Trinajstić information content (AvgIpc) is 3.22. The monoisotopic (exact) mass is 388 g/mol. The maximum Gasteiger partial charge on any atom is 0.261 e. The quantitative estimate of drug-likeness (QED) is 0.752. The Morgan fingerprint density at radius 1 is 1.04 bits per heavy atom. The number of hydrogen-bond donors (Lipinski definition) is 2. The molecule has 27 heavy (non-hydrogen) atoms. The number of hydrogen-bond acceptors (Lipinski definition) is 3. The first-order chi connectivity index (χ1) is 13.1. The van der Waals surface area contributed by atoms with Gasteiger partial charge in [-0.05, 0) is 42.0 Å². The highest BCUT2D eigenvalue weighted by Crippen LogP contribution is 2.39. The van der Waals surface area contributed by atoms with Gasteiger partial charge in [0.25, 0.3) is 5.91 Å². The molecule has 0 aliphatic heterocycles. The van der Waals surface area contributed by atoms with Crippen LogP contribution in [-0.4, -0.2) is 24.9 Å². The van der Waals surface area contributed by atoms with E-state index in [9.17, 15) is 14.0 Å². The minimum atomic E-state index is -0.241. The van der Waals surface area contributed by atoms with Gasteiger partial charge in [-0.25, -0.2) is 4.39 Å². The molecule has 0 unspecified atom stereocenters. The Balaban J connectivity index is 1.51. The molecular weight excluding hydrogens is 363 g/mol. The lowest BCUT2D eigenvalue weighted by Gasteiger charge is -2.38. The molecule has 6 heteroatoms. The van der Waals surface area contributed by atoms with Gasteiger partial charge < -0.3 is 10.6 Å². The number of halogens is 1. The second-order valence-electron chi connectivity index (χ2n) is 7.11. The number of benzene rings is 1. The fourth-order valence-corrected chi connectivity index (χ4v) is 4.38. The molecule has 1 aliphatic carbocycles.